The van der Waals surface area contributed by atoms with E-state index < -0.39 is 5.97 Å². The number of amides is 1. The molecule has 2 aromatic carbocycles. The lowest BCUT2D eigenvalue weighted by Crippen LogP contribution is -2.27. The number of carbonyl (C=O) groups excluding carboxylic acids is 2. The van der Waals surface area contributed by atoms with Crippen LogP contribution in [-0.2, 0) is 9.53 Å². The zero-order chi connectivity index (χ0) is 18.0. The van der Waals surface area contributed by atoms with Crippen LogP contribution in [0, 0.1) is 5.82 Å². The van der Waals surface area contributed by atoms with Crippen LogP contribution in [-0.4, -0.2) is 23.3 Å². The van der Waals surface area contributed by atoms with E-state index in [1.54, 1.807) is 42.5 Å². The van der Waals surface area contributed by atoms with Crippen molar-refractivity contribution in [3.05, 3.63) is 70.4 Å². The van der Waals surface area contributed by atoms with Gasteiger partial charge < -0.3 is 4.74 Å². The van der Waals surface area contributed by atoms with Crippen LogP contribution in [0.2, 0.25) is 0 Å². The minimum Gasteiger partial charge on any atom is -0.465 e. The van der Waals surface area contributed by atoms with Crippen LogP contribution in [0.3, 0.4) is 0 Å². The average Bonchev–Trinajstić information content (AvgIpc) is 2.88. The summed E-state index contributed by atoms with van der Waals surface area (Å²) in [5.41, 5.74) is 1.38. The molecule has 1 saturated heterocycles. The Morgan fingerprint density at radius 2 is 2.00 bits per heavy atom. The van der Waals surface area contributed by atoms with Gasteiger partial charge in [0.25, 0.3) is 5.91 Å². The lowest BCUT2D eigenvalue weighted by molar-refractivity contribution is -0.113. The number of esters is 1. The van der Waals surface area contributed by atoms with Gasteiger partial charge in [0.05, 0.1) is 23.3 Å². The topological polar surface area (TPSA) is 46.6 Å². The van der Waals surface area contributed by atoms with Crippen molar-refractivity contribution in [3.8, 4) is 0 Å². The lowest BCUT2D eigenvalue weighted by atomic mass is 10.2. The summed E-state index contributed by atoms with van der Waals surface area (Å²) in [7, 11) is 1.29. The quantitative estimate of drug-likeness (QED) is 0.462. The normalized spacial score (nSPS) is 15.8. The van der Waals surface area contributed by atoms with Crippen LogP contribution in [0.1, 0.15) is 15.9 Å². The predicted octanol–water partition coefficient (Wildman–Crippen LogP) is 4.02. The van der Waals surface area contributed by atoms with Crippen LogP contribution in [0.15, 0.2) is 53.4 Å². The van der Waals surface area contributed by atoms with E-state index in [4.69, 9.17) is 17.0 Å². The second-order valence-corrected chi connectivity index (χ2v) is 6.79. The number of hydrogen-bond acceptors (Lipinski definition) is 5. The molecule has 1 amide bonds. The van der Waals surface area contributed by atoms with Gasteiger partial charge in [0, 0.05) is 0 Å². The first kappa shape index (κ1) is 17.3. The molecule has 25 heavy (non-hydrogen) atoms. The highest BCUT2D eigenvalue weighted by molar-refractivity contribution is 8.27. The SMILES string of the molecule is COC(=O)c1cccc(N2C(=O)/C(=C/c3cccc(F)c3)SC2=S)c1. The third kappa shape index (κ3) is 3.62. The summed E-state index contributed by atoms with van der Waals surface area (Å²) >= 11 is 6.42. The number of ether oxygens (including phenoxy) is 1. The fraction of sp³-hybridized carbons (Fsp3) is 0.0556. The molecule has 0 N–H and O–H groups in total. The highest BCUT2D eigenvalue weighted by Crippen LogP contribution is 2.36. The summed E-state index contributed by atoms with van der Waals surface area (Å²) in [5, 5.41) is 0. The van der Waals surface area contributed by atoms with Gasteiger partial charge in [-0.25, -0.2) is 9.18 Å². The van der Waals surface area contributed by atoms with Gasteiger partial charge in [-0.3, -0.25) is 9.69 Å². The van der Waals surface area contributed by atoms with Crippen LogP contribution in [0.5, 0.6) is 0 Å². The number of thiocarbonyl (C=S) groups is 1. The van der Waals surface area contributed by atoms with Crippen molar-refractivity contribution in [2.45, 2.75) is 0 Å². The molecular weight excluding hydrogens is 361 g/mol. The standard InChI is InChI=1S/C18H12FNO3S2/c1-23-17(22)12-5-3-7-14(10-12)20-16(21)15(25-18(20)24)9-11-4-2-6-13(19)8-11/h2-10H,1H3/b15-9-. The summed E-state index contributed by atoms with van der Waals surface area (Å²) in [6.07, 6.45) is 1.59. The van der Waals surface area contributed by atoms with Crippen molar-refractivity contribution in [3.63, 3.8) is 0 Å². The van der Waals surface area contributed by atoms with Crippen molar-refractivity contribution in [2.75, 3.05) is 12.0 Å². The summed E-state index contributed by atoms with van der Waals surface area (Å²) in [6.45, 7) is 0. The number of anilines is 1. The molecule has 1 aliphatic heterocycles. The van der Waals surface area contributed by atoms with Gasteiger partial charge in [-0.15, -0.1) is 0 Å². The number of halogens is 1. The van der Waals surface area contributed by atoms with Gasteiger partial charge in [0.2, 0.25) is 0 Å². The lowest BCUT2D eigenvalue weighted by Gasteiger charge is -2.15. The Balaban J connectivity index is 1.93. The molecule has 0 radical (unpaired) electrons. The number of nitrogens with zero attached hydrogens (tertiary/aromatic N) is 1. The maximum Gasteiger partial charge on any atom is 0.337 e. The molecule has 0 saturated carbocycles. The third-order valence-electron chi connectivity index (χ3n) is 3.47. The van der Waals surface area contributed by atoms with E-state index in [2.05, 4.69) is 0 Å². The summed E-state index contributed by atoms with van der Waals surface area (Å²) in [5.74, 6) is -1.20. The number of carbonyl (C=O) groups is 2. The van der Waals surface area contributed by atoms with Crippen LogP contribution >= 0.6 is 24.0 Å². The Morgan fingerprint density at radius 1 is 1.24 bits per heavy atom. The number of methoxy groups -OCH3 is 1. The van der Waals surface area contributed by atoms with E-state index in [0.717, 1.165) is 11.8 Å². The monoisotopic (exact) mass is 373 g/mol. The van der Waals surface area contributed by atoms with Gasteiger partial charge >= 0.3 is 5.97 Å². The minimum absolute atomic E-state index is 0.318. The molecule has 2 aromatic rings. The van der Waals surface area contributed by atoms with Crippen molar-refractivity contribution in [1.29, 1.82) is 0 Å². The van der Waals surface area contributed by atoms with Gasteiger partial charge in [0.1, 0.15) is 5.82 Å². The Labute approximate surface area is 153 Å². The van der Waals surface area contributed by atoms with Gasteiger partial charge in [-0.1, -0.05) is 42.2 Å². The molecule has 126 valence electrons. The molecule has 4 nitrogen and oxygen atoms in total. The van der Waals surface area contributed by atoms with E-state index in [0.29, 0.717) is 26.0 Å². The Morgan fingerprint density at radius 3 is 2.72 bits per heavy atom. The molecule has 1 aliphatic rings. The van der Waals surface area contributed by atoms with Crippen LogP contribution in [0.25, 0.3) is 6.08 Å². The molecular formula is C18H12FNO3S2. The second-order valence-electron chi connectivity index (χ2n) is 5.11. The molecule has 7 heteroatoms. The van der Waals surface area contributed by atoms with E-state index >= 15 is 0 Å². The van der Waals surface area contributed by atoms with Crippen molar-refractivity contribution in [2.24, 2.45) is 0 Å². The first-order valence-electron chi connectivity index (χ1n) is 7.21. The molecule has 0 aliphatic carbocycles. The fourth-order valence-electron chi connectivity index (χ4n) is 2.33. The maximum absolute atomic E-state index is 13.3. The van der Waals surface area contributed by atoms with Crippen LogP contribution < -0.4 is 4.90 Å². The zero-order valence-corrected chi connectivity index (χ0v) is 14.7. The number of rotatable bonds is 3. The molecule has 1 fully saturated rings. The third-order valence-corrected chi connectivity index (χ3v) is 4.77. The first-order valence-corrected chi connectivity index (χ1v) is 8.44. The van der Waals surface area contributed by atoms with Crippen molar-refractivity contribution >= 4 is 51.9 Å². The van der Waals surface area contributed by atoms with Gasteiger partial charge in [0.15, 0.2) is 4.32 Å². The van der Waals surface area contributed by atoms with Crippen molar-refractivity contribution in [1.82, 2.24) is 0 Å². The summed E-state index contributed by atoms with van der Waals surface area (Å²) in [6, 6.07) is 12.4. The Kier molecular flexibility index (Phi) is 4.96. The number of benzene rings is 2. The van der Waals surface area contributed by atoms with Crippen molar-refractivity contribution < 1.29 is 18.7 Å². The molecule has 0 spiro atoms. The summed E-state index contributed by atoms with van der Waals surface area (Å²) < 4.78 is 18.3. The molecule has 0 bridgehead atoms. The van der Waals surface area contributed by atoms with E-state index in [9.17, 15) is 14.0 Å². The number of thioether (sulfide) groups is 1. The smallest absolute Gasteiger partial charge is 0.337 e. The molecule has 0 aromatic heterocycles. The molecule has 3 rings (SSSR count). The van der Waals surface area contributed by atoms with Gasteiger partial charge in [-0.2, -0.15) is 0 Å². The van der Waals surface area contributed by atoms with Gasteiger partial charge in [-0.05, 0) is 42.0 Å². The molecule has 0 unspecified atom stereocenters. The van der Waals surface area contributed by atoms with E-state index in [1.165, 1.54) is 24.1 Å². The Bertz CT molecular complexity index is 911. The summed E-state index contributed by atoms with van der Waals surface area (Å²) in [4.78, 5) is 26.1. The minimum atomic E-state index is -0.498. The predicted molar refractivity (Wildman–Crippen MR) is 99.8 cm³/mol. The van der Waals surface area contributed by atoms with E-state index in [1.807, 2.05) is 0 Å². The van der Waals surface area contributed by atoms with Crippen LogP contribution in [0.4, 0.5) is 10.1 Å². The average molecular weight is 373 g/mol. The Hall–Kier alpha value is -2.51. The highest BCUT2D eigenvalue weighted by Gasteiger charge is 2.33. The largest absolute Gasteiger partial charge is 0.465 e. The molecule has 0 atom stereocenters. The fourth-order valence-corrected chi connectivity index (χ4v) is 3.63. The molecule has 1 heterocycles. The second kappa shape index (κ2) is 7.16. The van der Waals surface area contributed by atoms with E-state index in [-0.39, 0.29) is 11.7 Å². The number of hydrogen-bond donors (Lipinski definition) is 0. The maximum atomic E-state index is 13.3. The zero-order valence-electron chi connectivity index (χ0n) is 13.1. The highest BCUT2D eigenvalue weighted by atomic mass is 32.2. The first-order chi connectivity index (χ1) is 12.0.